The fraction of sp³-hybridized carbons (Fsp3) is 0.333. The standard InChI is InChI=1S/C24H30O/c1-3-21-13-5-7-15-23(21)17-9-11-19-25-20-12-10-18-24-16-8-6-14-22(24)4-2/h3-8,13-16H,1-2,9-12,17-20H2. The lowest BCUT2D eigenvalue weighted by Gasteiger charge is -2.08. The molecule has 0 aliphatic carbocycles. The molecule has 0 fully saturated rings. The van der Waals surface area contributed by atoms with Crippen LogP contribution in [0.1, 0.15) is 47.9 Å². The molecule has 0 saturated carbocycles. The van der Waals surface area contributed by atoms with Crippen LogP contribution in [0.5, 0.6) is 0 Å². The first-order valence-electron chi connectivity index (χ1n) is 9.33. The maximum absolute atomic E-state index is 5.78. The molecule has 2 rings (SSSR count). The van der Waals surface area contributed by atoms with Crippen molar-refractivity contribution in [1.82, 2.24) is 0 Å². The van der Waals surface area contributed by atoms with E-state index in [9.17, 15) is 0 Å². The van der Waals surface area contributed by atoms with E-state index in [2.05, 4.69) is 61.7 Å². The Bertz CT molecular complexity index is 599. The van der Waals surface area contributed by atoms with Crippen LogP contribution in [-0.4, -0.2) is 13.2 Å². The molecule has 0 heterocycles. The first-order chi connectivity index (χ1) is 12.3. The zero-order valence-electron chi connectivity index (χ0n) is 15.3. The van der Waals surface area contributed by atoms with Crippen LogP contribution in [0.4, 0.5) is 0 Å². The highest BCUT2D eigenvalue weighted by Crippen LogP contribution is 2.14. The van der Waals surface area contributed by atoms with Crippen LogP contribution in [0.2, 0.25) is 0 Å². The largest absolute Gasteiger partial charge is 0.381 e. The fourth-order valence-electron chi connectivity index (χ4n) is 3.06. The number of hydrogen-bond acceptors (Lipinski definition) is 1. The molecule has 0 aliphatic heterocycles. The van der Waals surface area contributed by atoms with Crippen molar-refractivity contribution in [2.75, 3.05) is 13.2 Å². The lowest BCUT2D eigenvalue weighted by atomic mass is 10.0. The topological polar surface area (TPSA) is 9.23 Å². The molecule has 0 aromatic heterocycles. The normalized spacial score (nSPS) is 10.6. The zero-order valence-corrected chi connectivity index (χ0v) is 15.3. The van der Waals surface area contributed by atoms with E-state index >= 15 is 0 Å². The Morgan fingerprint density at radius 2 is 1.08 bits per heavy atom. The Morgan fingerprint density at radius 1 is 0.640 bits per heavy atom. The predicted molar refractivity (Wildman–Crippen MR) is 110 cm³/mol. The van der Waals surface area contributed by atoms with Gasteiger partial charge in [0.05, 0.1) is 0 Å². The molecule has 0 atom stereocenters. The van der Waals surface area contributed by atoms with Gasteiger partial charge in [0.15, 0.2) is 0 Å². The van der Waals surface area contributed by atoms with Gasteiger partial charge in [0.1, 0.15) is 0 Å². The molecule has 2 aromatic rings. The first kappa shape index (κ1) is 19.2. The molecule has 132 valence electrons. The van der Waals surface area contributed by atoms with Gasteiger partial charge in [-0.05, 0) is 60.8 Å². The number of ether oxygens (including phenoxy) is 1. The third kappa shape index (κ3) is 6.72. The van der Waals surface area contributed by atoms with E-state index in [0.717, 1.165) is 51.7 Å². The van der Waals surface area contributed by atoms with Gasteiger partial charge in [-0.15, -0.1) is 0 Å². The van der Waals surface area contributed by atoms with E-state index < -0.39 is 0 Å². The number of unbranched alkanes of at least 4 members (excludes halogenated alkanes) is 2. The summed E-state index contributed by atoms with van der Waals surface area (Å²) in [6, 6.07) is 17.0. The summed E-state index contributed by atoms with van der Waals surface area (Å²) in [5, 5.41) is 0. The molecule has 2 aromatic carbocycles. The minimum Gasteiger partial charge on any atom is -0.381 e. The van der Waals surface area contributed by atoms with Crippen molar-refractivity contribution in [3.8, 4) is 0 Å². The van der Waals surface area contributed by atoms with Gasteiger partial charge in [-0.2, -0.15) is 0 Å². The van der Waals surface area contributed by atoms with Crippen LogP contribution in [0.3, 0.4) is 0 Å². The van der Waals surface area contributed by atoms with Gasteiger partial charge in [0, 0.05) is 13.2 Å². The second kappa shape index (κ2) is 11.4. The van der Waals surface area contributed by atoms with Crippen molar-refractivity contribution in [2.24, 2.45) is 0 Å². The molecule has 1 heteroatoms. The summed E-state index contributed by atoms with van der Waals surface area (Å²) in [5.74, 6) is 0. The smallest absolute Gasteiger partial charge is 0.0466 e. The number of rotatable bonds is 12. The lowest BCUT2D eigenvalue weighted by molar-refractivity contribution is 0.127. The SMILES string of the molecule is C=Cc1ccccc1CCCCOCCCCc1ccccc1C=C. The summed E-state index contributed by atoms with van der Waals surface area (Å²) in [5.41, 5.74) is 5.28. The number of hydrogen-bond donors (Lipinski definition) is 0. The molecule has 0 amide bonds. The summed E-state index contributed by atoms with van der Waals surface area (Å²) < 4.78 is 5.78. The van der Waals surface area contributed by atoms with E-state index in [1.165, 1.54) is 22.3 Å². The van der Waals surface area contributed by atoms with Crippen LogP contribution < -0.4 is 0 Å². The van der Waals surface area contributed by atoms with Gasteiger partial charge in [-0.1, -0.05) is 73.8 Å². The predicted octanol–water partition coefficient (Wildman–Crippen LogP) is 6.33. The molecular weight excluding hydrogens is 304 g/mol. The van der Waals surface area contributed by atoms with E-state index in [1.807, 2.05) is 12.2 Å². The number of aryl methyl sites for hydroxylation is 2. The molecule has 0 spiro atoms. The summed E-state index contributed by atoms with van der Waals surface area (Å²) in [4.78, 5) is 0. The van der Waals surface area contributed by atoms with E-state index in [-0.39, 0.29) is 0 Å². The second-order valence-corrected chi connectivity index (χ2v) is 6.33. The van der Waals surface area contributed by atoms with Crippen LogP contribution >= 0.6 is 0 Å². The maximum Gasteiger partial charge on any atom is 0.0466 e. The summed E-state index contributed by atoms with van der Waals surface area (Å²) in [6.45, 7) is 9.48. The molecule has 1 nitrogen and oxygen atoms in total. The molecule has 0 unspecified atom stereocenters. The molecule has 0 N–H and O–H groups in total. The van der Waals surface area contributed by atoms with Crippen LogP contribution in [-0.2, 0) is 17.6 Å². The highest BCUT2D eigenvalue weighted by molar-refractivity contribution is 5.52. The third-order valence-corrected chi connectivity index (χ3v) is 4.52. The van der Waals surface area contributed by atoms with Crippen molar-refractivity contribution in [1.29, 1.82) is 0 Å². The van der Waals surface area contributed by atoms with Crippen molar-refractivity contribution >= 4 is 12.2 Å². The van der Waals surface area contributed by atoms with Gasteiger partial charge in [0.2, 0.25) is 0 Å². The lowest BCUT2D eigenvalue weighted by Crippen LogP contribution is -1.99. The minimum atomic E-state index is 0.861. The van der Waals surface area contributed by atoms with E-state index in [0.29, 0.717) is 0 Å². The van der Waals surface area contributed by atoms with Crippen LogP contribution in [0, 0.1) is 0 Å². The summed E-state index contributed by atoms with van der Waals surface area (Å²) in [6.07, 6.45) is 10.6. The molecule has 0 aliphatic rings. The van der Waals surface area contributed by atoms with Crippen LogP contribution in [0.25, 0.3) is 12.2 Å². The van der Waals surface area contributed by atoms with Crippen molar-refractivity contribution in [3.63, 3.8) is 0 Å². The average molecular weight is 335 g/mol. The Morgan fingerprint density at radius 3 is 1.52 bits per heavy atom. The monoisotopic (exact) mass is 334 g/mol. The zero-order chi connectivity index (χ0) is 17.7. The Kier molecular flexibility index (Phi) is 8.79. The Hall–Kier alpha value is -2.12. The summed E-state index contributed by atoms with van der Waals surface area (Å²) >= 11 is 0. The van der Waals surface area contributed by atoms with Gasteiger partial charge >= 0.3 is 0 Å². The Labute approximate surface area is 153 Å². The minimum absolute atomic E-state index is 0.861. The highest BCUT2D eigenvalue weighted by atomic mass is 16.5. The molecular formula is C24H30O. The molecule has 25 heavy (non-hydrogen) atoms. The molecule has 0 radical (unpaired) electrons. The van der Waals surface area contributed by atoms with E-state index in [4.69, 9.17) is 4.74 Å². The molecule has 0 bridgehead atoms. The maximum atomic E-state index is 5.78. The molecule has 0 saturated heterocycles. The van der Waals surface area contributed by atoms with Gasteiger partial charge < -0.3 is 4.74 Å². The van der Waals surface area contributed by atoms with Gasteiger partial charge in [-0.3, -0.25) is 0 Å². The first-order valence-corrected chi connectivity index (χ1v) is 9.33. The number of benzene rings is 2. The van der Waals surface area contributed by atoms with Gasteiger partial charge in [0.25, 0.3) is 0 Å². The average Bonchev–Trinajstić information content (AvgIpc) is 2.67. The van der Waals surface area contributed by atoms with Crippen molar-refractivity contribution in [3.05, 3.63) is 83.9 Å². The fourth-order valence-corrected chi connectivity index (χ4v) is 3.06. The Balaban J connectivity index is 1.52. The van der Waals surface area contributed by atoms with Crippen LogP contribution in [0.15, 0.2) is 61.7 Å². The second-order valence-electron chi connectivity index (χ2n) is 6.33. The van der Waals surface area contributed by atoms with Crippen molar-refractivity contribution < 1.29 is 4.74 Å². The third-order valence-electron chi connectivity index (χ3n) is 4.52. The summed E-state index contributed by atoms with van der Waals surface area (Å²) in [7, 11) is 0. The quantitative estimate of drug-likeness (QED) is 0.412. The van der Waals surface area contributed by atoms with Gasteiger partial charge in [-0.25, -0.2) is 0 Å². The highest BCUT2D eigenvalue weighted by Gasteiger charge is 2.00. The van der Waals surface area contributed by atoms with Crippen molar-refractivity contribution in [2.45, 2.75) is 38.5 Å². The van der Waals surface area contributed by atoms with E-state index in [1.54, 1.807) is 0 Å².